The number of anilines is 1. The molecule has 0 saturated heterocycles. The molecule has 0 aromatic heterocycles. The summed E-state index contributed by atoms with van der Waals surface area (Å²) in [5.74, 6) is -0.106. The molecule has 202 valence electrons. The van der Waals surface area contributed by atoms with Crippen molar-refractivity contribution < 1.29 is 22.7 Å². The second-order valence-electron chi connectivity index (χ2n) is 8.85. The van der Waals surface area contributed by atoms with Gasteiger partial charge in [0.25, 0.3) is 10.0 Å². The summed E-state index contributed by atoms with van der Waals surface area (Å²) >= 11 is 0. The number of carbonyl (C=O) groups excluding carboxylic acids is 2. The monoisotopic (exact) mass is 537 g/mol. The van der Waals surface area contributed by atoms with Gasteiger partial charge in [0, 0.05) is 13.1 Å². The Balaban J connectivity index is 2.03. The van der Waals surface area contributed by atoms with Crippen molar-refractivity contribution in [2.45, 2.75) is 44.7 Å². The van der Waals surface area contributed by atoms with Gasteiger partial charge < -0.3 is 15.0 Å². The summed E-state index contributed by atoms with van der Waals surface area (Å²) in [5, 5.41) is 2.80. The quantitative estimate of drug-likeness (QED) is 0.375. The van der Waals surface area contributed by atoms with Gasteiger partial charge in [-0.25, -0.2) is 8.42 Å². The van der Waals surface area contributed by atoms with Crippen LogP contribution in [0.3, 0.4) is 0 Å². The maximum atomic E-state index is 13.9. The van der Waals surface area contributed by atoms with E-state index in [2.05, 4.69) is 5.32 Å². The Kier molecular flexibility index (Phi) is 9.90. The maximum Gasteiger partial charge on any atom is 0.264 e. The molecule has 38 heavy (non-hydrogen) atoms. The summed E-state index contributed by atoms with van der Waals surface area (Å²) in [5.41, 5.74) is 2.11. The minimum Gasteiger partial charge on any atom is -0.497 e. The van der Waals surface area contributed by atoms with Crippen molar-refractivity contribution in [3.05, 3.63) is 90.0 Å². The molecule has 0 fully saturated rings. The van der Waals surface area contributed by atoms with Crippen LogP contribution in [0.2, 0.25) is 0 Å². The van der Waals surface area contributed by atoms with Crippen molar-refractivity contribution in [1.29, 1.82) is 0 Å². The molecule has 0 unspecified atom stereocenters. The molecule has 2 amide bonds. The minimum absolute atomic E-state index is 0.0749. The number of sulfonamides is 1. The number of carbonyl (C=O) groups is 2. The van der Waals surface area contributed by atoms with E-state index in [-0.39, 0.29) is 17.3 Å². The lowest BCUT2D eigenvalue weighted by molar-refractivity contribution is -0.140. The molecule has 0 radical (unpaired) electrons. The van der Waals surface area contributed by atoms with Crippen molar-refractivity contribution in [1.82, 2.24) is 10.2 Å². The Hall–Kier alpha value is -3.85. The first kappa shape index (κ1) is 28.7. The lowest BCUT2D eigenvalue weighted by Crippen LogP contribution is -2.52. The van der Waals surface area contributed by atoms with Crippen molar-refractivity contribution >= 4 is 27.5 Å². The Bertz CT molecular complexity index is 1310. The zero-order chi connectivity index (χ0) is 27.7. The molecule has 0 spiro atoms. The van der Waals surface area contributed by atoms with E-state index < -0.39 is 28.5 Å². The smallest absolute Gasteiger partial charge is 0.264 e. The SMILES string of the molecule is CCNC(=O)[C@@H](CC)N(Cc1ccc(OC)cc1)C(=O)CN(c1ccc(C)cc1)S(=O)(=O)c1ccccc1. The van der Waals surface area contributed by atoms with Crippen LogP contribution < -0.4 is 14.4 Å². The fourth-order valence-corrected chi connectivity index (χ4v) is 5.53. The molecule has 1 N–H and O–H groups in total. The van der Waals surface area contributed by atoms with Gasteiger partial charge in [-0.2, -0.15) is 0 Å². The molecule has 0 bridgehead atoms. The first-order valence-corrected chi connectivity index (χ1v) is 14.0. The molecule has 9 heteroatoms. The van der Waals surface area contributed by atoms with Crippen LogP contribution in [0.25, 0.3) is 0 Å². The van der Waals surface area contributed by atoms with Crippen LogP contribution in [-0.4, -0.2) is 51.4 Å². The summed E-state index contributed by atoms with van der Waals surface area (Å²) in [6.07, 6.45) is 0.365. The highest BCUT2D eigenvalue weighted by molar-refractivity contribution is 7.92. The maximum absolute atomic E-state index is 13.9. The van der Waals surface area contributed by atoms with Gasteiger partial charge in [-0.1, -0.05) is 55.0 Å². The molecule has 3 aromatic carbocycles. The van der Waals surface area contributed by atoms with Crippen molar-refractivity contribution in [3.63, 3.8) is 0 Å². The number of rotatable bonds is 12. The third-order valence-corrected chi connectivity index (χ3v) is 7.97. The predicted molar refractivity (Wildman–Crippen MR) is 148 cm³/mol. The molecule has 3 rings (SSSR count). The molecule has 8 nitrogen and oxygen atoms in total. The second-order valence-corrected chi connectivity index (χ2v) is 10.7. The molecule has 0 saturated carbocycles. The minimum atomic E-state index is -4.07. The Morgan fingerprint density at radius 3 is 2.11 bits per heavy atom. The van der Waals surface area contributed by atoms with Crippen LogP contribution in [0.15, 0.2) is 83.8 Å². The van der Waals surface area contributed by atoms with E-state index in [1.54, 1.807) is 61.7 Å². The van der Waals surface area contributed by atoms with Gasteiger partial charge >= 0.3 is 0 Å². The van der Waals surface area contributed by atoms with Crippen molar-refractivity contribution in [3.8, 4) is 5.75 Å². The molecule has 0 aliphatic carbocycles. The third kappa shape index (κ3) is 6.92. The average Bonchev–Trinajstić information content (AvgIpc) is 2.93. The Morgan fingerprint density at radius 2 is 1.55 bits per heavy atom. The van der Waals surface area contributed by atoms with Crippen LogP contribution in [0.4, 0.5) is 5.69 Å². The lowest BCUT2D eigenvalue weighted by atomic mass is 10.1. The standard InChI is InChI=1S/C29H35N3O5S/c1-5-27(29(34)30-6-2)31(20-23-14-18-25(37-4)19-15-23)28(33)21-32(24-16-12-22(3)13-17-24)38(35,36)26-10-8-7-9-11-26/h7-19,27H,5-6,20-21H2,1-4H3,(H,30,34)/t27-/m1/s1. The summed E-state index contributed by atoms with van der Waals surface area (Å²) < 4.78 is 33.8. The zero-order valence-corrected chi connectivity index (χ0v) is 23.1. The number of aryl methyl sites for hydroxylation is 1. The number of benzene rings is 3. The molecular formula is C29H35N3O5S. The van der Waals surface area contributed by atoms with E-state index in [4.69, 9.17) is 4.74 Å². The first-order chi connectivity index (χ1) is 18.2. The highest BCUT2D eigenvalue weighted by Gasteiger charge is 2.33. The highest BCUT2D eigenvalue weighted by atomic mass is 32.2. The molecule has 1 atom stereocenters. The largest absolute Gasteiger partial charge is 0.497 e. The zero-order valence-electron chi connectivity index (χ0n) is 22.3. The van der Waals surface area contributed by atoms with Gasteiger partial charge in [0.1, 0.15) is 18.3 Å². The highest BCUT2D eigenvalue weighted by Crippen LogP contribution is 2.25. The topological polar surface area (TPSA) is 96.0 Å². The van der Waals surface area contributed by atoms with E-state index in [0.717, 1.165) is 15.4 Å². The summed E-state index contributed by atoms with van der Waals surface area (Å²) in [7, 11) is -2.50. The number of methoxy groups -OCH3 is 1. The molecule has 0 aliphatic heterocycles. The molecule has 0 heterocycles. The van der Waals surface area contributed by atoms with Gasteiger partial charge in [0.05, 0.1) is 17.7 Å². The van der Waals surface area contributed by atoms with Crippen molar-refractivity contribution in [2.75, 3.05) is 24.5 Å². The van der Waals surface area contributed by atoms with Crippen LogP contribution in [0, 0.1) is 6.92 Å². The number of hydrogen-bond donors (Lipinski definition) is 1. The number of ether oxygens (including phenoxy) is 1. The van der Waals surface area contributed by atoms with Gasteiger partial charge in [-0.15, -0.1) is 0 Å². The average molecular weight is 538 g/mol. The van der Waals surface area contributed by atoms with E-state index in [0.29, 0.717) is 24.4 Å². The number of hydrogen-bond acceptors (Lipinski definition) is 5. The summed E-state index contributed by atoms with van der Waals surface area (Å²) in [4.78, 5) is 28.4. The lowest BCUT2D eigenvalue weighted by Gasteiger charge is -2.33. The van der Waals surface area contributed by atoms with E-state index in [1.807, 2.05) is 32.9 Å². The summed E-state index contributed by atoms with van der Waals surface area (Å²) in [6.45, 7) is 5.62. The van der Waals surface area contributed by atoms with Gasteiger partial charge in [-0.3, -0.25) is 13.9 Å². The number of nitrogens with one attached hydrogen (secondary N) is 1. The van der Waals surface area contributed by atoms with E-state index >= 15 is 0 Å². The van der Waals surface area contributed by atoms with Crippen LogP contribution in [-0.2, 0) is 26.2 Å². The molecular weight excluding hydrogens is 502 g/mol. The number of likely N-dealkylation sites (N-methyl/N-ethyl adjacent to an activating group) is 1. The van der Waals surface area contributed by atoms with Crippen LogP contribution >= 0.6 is 0 Å². The fraction of sp³-hybridized carbons (Fsp3) is 0.310. The van der Waals surface area contributed by atoms with Crippen molar-refractivity contribution in [2.24, 2.45) is 0 Å². The summed E-state index contributed by atoms with van der Waals surface area (Å²) in [6, 6.07) is 21.4. The first-order valence-electron chi connectivity index (χ1n) is 12.6. The third-order valence-electron chi connectivity index (χ3n) is 6.18. The van der Waals surface area contributed by atoms with Gasteiger partial charge in [0.2, 0.25) is 11.8 Å². The van der Waals surface area contributed by atoms with E-state index in [1.165, 1.54) is 17.0 Å². The molecule has 0 aliphatic rings. The van der Waals surface area contributed by atoms with Crippen LogP contribution in [0.1, 0.15) is 31.4 Å². The predicted octanol–water partition coefficient (Wildman–Crippen LogP) is 4.14. The number of nitrogens with zero attached hydrogens (tertiary/aromatic N) is 2. The Morgan fingerprint density at radius 1 is 0.921 bits per heavy atom. The molecule has 3 aromatic rings. The second kappa shape index (κ2) is 13.1. The normalized spacial score (nSPS) is 11.9. The van der Waals surface area contributed by atoms with Gasteiger partial charge in [0.15, 0.2) is 0 Å². The van der Waals surface area contributed by atoms with Gasteiger partial charge in [-0.05, 0) is 62.2 Å². The van der Waals surface area contributed by atoms with Crippen LogP contribution in [0.5, 0.6) is 5.75 Å². The Labute approximate surface area is 225 Å². The fourth-order valence-electron chi connectivity index (χ4n) is 4.10. The number of amides is 2. The van der Waals surface area contributed by atoms with E-state index in [9.17, 15) is 18.0 Å².